The van der Waals surface area contributed by atoms with Crippen LogP contribution in [0.5, 0.6) is 0 Å². The maximum atomic E-state index is 14.4. The summed E-state index contributed by atoms with van der Waals surface area (Å²) in [6.45, 7) is 5.10. The van der Waals surface area contributed by atoms with Crippen molar-refractivity contribution >= 4 is 23.7 Å². The van der Waals surface area contributed by atoms with Gasteiger partial charge in [0.15, 0.2) is 17.5 Å². The summed E-state index contributed by atoms with van der Waals surface area (Å²) in [5.41, 5.74) is -3.96. The minimum absolute atomic E-state index is 0.411. The normalized spacial score (nSPS) is 12.1. The van der Waals surface area contributed by atoms with Crippen molar-refractivity contribution in [2.75, 3.05) is 20.2 Å². The van der Waals surface area contributed by atoms with Gasteiger partial charge in [0, 0.05) is 24.9 Å². The zero-order chi connectivity index (χ0) is 20.9. The highest BCUT2D eigenvalue weighted by atomic mass is 19.2. The third-order valence-corrected chi connectivity index (χ3v) is 3.79. The Bertz CT molecular complexity index is 794. The van der Waals surface area contributed by atoms with Gasteiger partial charge in [0.25, 0.3) is 0 Å². The van der Waals surface area contributed by atoms with E-state index >= 15 is 0 Å². The van der Waals surface area contributed by atoms with Gasteiger partial charge in [-0.2, -0.15) is 9.49 Å². The number of nitrogens with zero attached hydrogens (tertiary/aromatic N) is 3. The summed E-state index contributed by atoms with van der Waals surface area (Å²) in [6.07, 6.45) is 0.820. The Labute approximate surface area is 152 Å². The van der Waals surface area contributed by atoms with E-state index in [2.05, 4.69) is 9.84 Å². The standard InChI is InChI=1S/C16H18F3N3O5/c1-5-21(6-2)20-7-9(16(24)27-4)15(23)10-11(17)8(3)12(18)13(19)14(10)22(25)26/h7,9H,5-6H2,1-4H3. The summed E-state index contributed by atoms with van der Waals surface area (Å²) in [5.74, 6) is -9.95. The van der Waals surface area contributed by atoms with Gasteiger partial charge in [0.2, 0.25) is 5.82 Å². The minimum atomic E-state index is -1.99. The number of ketones is 1. The van der Waals surface area contributed by atoms with Crippen LogP contribution in [-0.2, 0) is 9.53 Å². The lowest BCUT2D eigenvalue weighted by molar-refractivity contribution is -0.388. The Balaban J connectivity index is 3.63. The fourth-order valence-electron chi connectivity index (χ4n) is 2.23. The molecule has 0 aliphatic heterocycles. The van der Waals surface area contributed by atoms with Gasteiger partial charge in [-0.1, -0.05) is 0 Å². The van der Waals surface area contributed by atoms with Crippen molar-refractivity contribution in [2.45, 2.75) is 20.8 Å². The summed E-state index contributed by atoms with van der Waals surface area (Å²) in [4.78, 5) is 34.3. The fourth-order valence-corrected chi connectivity index (χ4v) is 2.23. The van der Waals surface area contributed by atoms with Crippen molar-refractivity contribution < 1.29 is 32.4 Å². The average Bonchev–Trinajstić information content (AvgIpc) is 2.65. The number of halogens is 3. The molecule has 0 aromatic heterocycles. The Kier molecular flexibility index (Phi) is 7.44. The second-order valence-corrected chi connectivity index (χ2v) is 5.32. The van der Waals surface area contributed by atoms with Crippen LogP contribution in [0.4, 0.5) is 18.9 Å². The number of hydrazone groups is 1. The van der Waals surface area contributed by atoms with E-state index in [0.717, 1.165) is 20.2 Å². The highest BCUT2D eigenvalue weighted by Gasteiger charge is 2.39. The van der Waals surface area contributed by atoms with Crippen molar-refractivity contribution in [2.24, 2.45) is 11.0 Å². The van der Waals surface area contributed by atoms with Crippen LogP contribution in [0.3, 0.4) is 0 Å². The van der Waals surface area contributed by atoms with Crippen LogP contribution in [0.15, 0.2) is 5.10 Å². The molecule has 27 heavy (non-hydrogen) atoms. The second-order valence-electron chi connectivity index (χ2n) is 5.32. The number of nitro groups is 1. The number of rotatable bonds is 8. The lowest BCUT2D eigenvalue weighted by Gasteiger charge is -2.16. The number of methoxy groups -OCH3 is 1. The van der Waals surface area contributed by atoms with E-state index in [0.29, 0.717) is 13.1 Å². The van der Waals surface area contributed by atoms with E-state index in [9.17, 15) is 32.9 Å². The molecule has 1 aromatic carbocycles. The van der Waals surface area contributed by atoms with E-state index < -0.39 is 56.9 Å². The van der Waals surface area contributed by atoms with E-state index in [1.165, 1.54) is 5.01 Å². The van der Waals surface area contributed by atoms with Gasteiger partial charge in [0.05, 0.1) is 12.0 Å². The van der Waals surface area contributed by atoms with Crippen LogP contribution in [0.25, 0.3) is 0 Å². The third-order valence-electron chi connectivity index (χ3n) is 3.79. The van der Waals surface area contributed by atoms with Crippen molar-refractivity contribution in [3.8, 4) is 0 Å². The first kappa shape index (κ1) is 22.1. The number of benzene rings is 1. The monoisotopic (exact) mass is 389 g/mol. The Morgan fingerprint density at radius 1 is 1.22 bits per heavy atom. The Morgan fingerprint density at radius 2 is 1.78 bits per heavy atom. The van der Waals surface area contributed by atoms with Crippen LogP contribution in [0.2, 0.25) is 0 Å². The van der Waals surface area contributed by atoms with Crippen molar-refractivity contribution in [3.05, 3.63) is 38.7 Å². The molecule has 1 rings (SSSR count). The van der Waals surface area contributed by atoms with Crippen LogP contribution in [-0.4, -0.2) is 48.1 Å². The number of Topliss-reactive ketones (excluding diaryl/α,β-unsaturated/α-hetero) is 1. The first-order valence-electron chi connectivity index (χ1n) is 7.84. The summed E-state index contributed by atoms with van der Waals surface area (Å²) in [7, 11) is 0.940. The fraction of sp³-hybridized carbons (Fsp3) is 0.438. The highest BCUT2D eigenvalue weighted by Crippen LogP contribution is 2.32. The van der Waals surface area contributed by atoms with Crippen LogP contribution >= 0.6 is 0 Å². The summed E-state index contributed by atoms with van der Waals surface area (Å²) in [6, 6.07) is 0. The predicted molar refractivity (Wildman–Crippen MR) is 89.0 cm³/mol. The molecule has 0 radical (unpaired) electrons. The molecule has 11 heteroatoms. The Morgan fingerprint density at radius 3 is 2.22 bits per heavy atom. The minimum Gasteiger partial charge on any atom is -0.468 e. The molecule has 1 aromatic rings. The van der Waals surface area contributed by atoms with Gasteiger partial charge in [-0.05, 0) is 20.8 Å². The molecule has 0 N–H and O–H groups in total. The third kappa shape index (κ3) is 4.41. The van der Waals surface area contributed by atoms with Gasteiger partial charge < -0.3 is 4.74 Å². The number of esters is 1. The number of nitro benzene ring substituents is 1. The lowest BCUT2D eigenvalue weighted by atomic mass is 9.94. The molecular weight excluding hydrogens is 371 g/mol. The van der Waals surface area contributed by atoms with Crippen molar-refractivity contribution in [3.63, 3.8) is 0 Å². The first-order chi connectivity index (χ1) is 12.6. The molecular formula is C16H18F3N3O5. The Hall–Kier alpha value is -2.98. The molecule has 1 atom stereocenters. The average molecular weight is 389 g/mol. The maximum absolute atomic E-state index is 14.4. The van der Waals surface area contributed by atoms with Gasteiger partial charge in [-0.3, -0.25) is 24.7 Å². The van der Waals surface area contributed by atoms with Gasteiger partial charge in [-0.25, -0.2) is 8.78 Å². The van der Waals surface area contributed by atoms with E-state index in [-0.39, 0.29) is 0 Å². The van der Waals surface area contributed by atoms with E-state index in [4.69, 9.17) is 0 Å². The number of carbonyl (C=O) groups excluding carboxylic acids is 2. The number of hydrogen-bond acceptors (Lipinski definition) is 7. The molecule has 8 nitrogen and oxygen atoms in total. The molecule has 0 heterocycles. The van der Waals surface area contributed by atoms with Gasteiger partial charge in [-0.15, -0.1) is 0 Å². The second kappa shape index (κ2) is 9.10. The number of carbonyl (C=O) groups is 2. The molecule has 148 valence electrons. The van der Waals surface area contributed by atoms with Gasteiger partial charge in [0.1, 0.15) is 11.4 Å². The molecule has 0 aliphatic carbocycles. The van der Waals surface area contributed by atoms with Gasteiger partial charge >= 0.3 is 11.7 Å². The smallest absolute Gasteiger partial charge is 0.322 e. The quantitative estimate of drug-likeness (QED) is 0.129. The largest absolute Gasteiger partial charge is 0.468 e. The van der Waals surface area contributed by atoms with E-state index in [1.807, 2.05) is 0 Å². The number of ether oxygens (including phenoxy) is 1. The molecule has 0 aliphatic rings. The zero-order valence-corrected chi connectivity index (χ0v) is 15.1. The predicted octanol–water partition coefficient (Wildman–Crippen LogP) is 2.62. The topological polar surface area (TPSA) is 102 Å². The molecule has 1 unspecified atom stereocenters. The maximum Gasteiger partial charge on any atom is 0.322 e. The zero-order valence-electron chi connectivity index (χ0n) is 15.1. The molecule has 0 saturated carbocycles. The van der Waals surface area contributed by atoms with Crippen molar-refractivity contribution in [1.82, 2.24) is 5.01 Å². The molecule has 0 bridgehead atoms. The molecule has 0 fully saturated rings. The number of hydrogen-bond donors (Lipinski definition) is 0. The highest BCUT2D eigenvalue weighted by molar-refractivity contribution is 6.19. The van der Waals surface area contributed by atoms with E-state index in [1.54, 1.807) is 13.8 Å². The lowest BCUT2D eigenvalue weighted by Crippen LogP contribution is -2.30. The van der Waals surface area contributed by atoms with Crippen LogP contribution in [0, 0.1) is 40.4 Å². The summed E-state index contributed by atoms with van der Waals surface area (Å²) in [5, 5.41) is 16.4. The van der Waals surface area contributed by atoms with Crippen molar-refractivity contribution in [1.29, 1.82) is 0 Å². The molecule has 0 amide bonds. The SMILES string of the molecule is CCN(CC)N=CC(C(=O)OC)C(=O)c1c(F)c(C)c(F)c(F)c1[N+](=O)[O-]. The first-order valence-corrected chi connectivity index (χ1v) is 7.84. The van der Waals surface area contributed by atoms with Crippen LogP contribution in [0.1, 0.15) is 29.8 Å². The summed E-state index contributed by atoms with van der Waals surface area (Å²) < 4.78 is 46.5. The van der Waals surface area contributed by atoms with Crippen LogP contribution < -0.4 is 0 Å². The molecule has 0 spiro atoms. The molecule has 0 saturated heterocycles. The summed E-state index contributed by atoms with van der Waals surface area (Å²) >= 11 is 0.